The largest absolute Gasteiger partial charge is 0.335 e. The molecule has 0 spiro atoms. The third-order valence-corrected chi connectivity index (χ3v) is 6.78. The van der Waals surface area contributed by atoms with Gasteiger partial charge in [0.25, 0.3) is 5.91 Å². The molecule has 1 aliphatic rings. The Bertz CT molecular complexity index is 913. The summed E-state index contributed by atoms with van der Waals surface area (Å²) in [6.07, 6.45) is 0. The van der Waals surface area contributed by atoms with E-state index in [4.69, 9.17) is 0 Å². The van der Waals surface area contributed by atoms with Crippen molar-refractivity contribution in [2.45, 2.75) is 11.4 Å². The Morgan fingerprint density at radius 1 is 1.00 bits per heavy atom. The first-order chi connectivity index (χ1) is 13.4. The van der Waals surface area contributed by atoms with E-state index >= 15 is 0 Å². The van der Waals surface area contributed by atoms with Crippen molar-refractivity contribution in [3.05, 3.63) is 66.0 Å². The van der Waals surface area contributed by atoms with Crippen LogP contribution in [0.25, 0.3) is 0 Å². The zero-order valence-electron chi connectivity index (χ0n) is 15.8. The van der Waals surface area contributed by atoms with Crippen LogP contribution in [-0.4, -0.2) is 63.3 Å². The lowest BCUT2D eigenvalue weighted by molar-refractivity contribution is -0.885. The summed E-state index contributed by atoms with van der Waals surface area (Å²) >= 11 is 0. The van der Waals surface area contributed by atoms with E-state index in [2.05, 4.69) is 0 Å². The number of likely N-dealkylation sites (N-methyl/N-ethyl adjacent to an activating group) is 1. The second-order valence-corrected chi connectivity index (χ2v) is 8.92. The fourth-order valence-electron chi connectivity index (χ4n) is 3.35. The molecule has 1 unspecified atom stereocenters. The standard InChI is InChI=1S/C20H24FN3O3S/c1-22(15-17-7-3-2-4-8-17)16-20(25)23-11-13-24(14-12-23)28(26,27)19-10-6-5-9-18(19)21/h2-10H,11-16H2,1H3/p+1. The third-order valence-electron chi connectivity index (χ3n) is 4.85. The Kier molecular flexibility index (Phi) is 6.43. The van der Waals surface area contributed by atoms with Crippen molar-refractivity contribution < 1.29 is 22.5 Å². The molecule has 150 valence electrons. The highest BCUT2D eigenvalue weighted by atomic mass is 32.2. The number of amides is 1. The van der Waals surface area contributed by atoms with Crippen molar-refractivity contribution in [1.82, 2.24) is 9.21 Å². The quantitative estimate of drug-likeness (QED) is 0.754. The highest BCUT2D eigenvalue weighted by molar-refractivity contribution is 7.89. The minimum Gasteiger partial charge on any atom is -0.335 e. The Hall–Kier alpha value is -2.29. The Morgan fingerprint density at radius 2 is 1.61 bits per heavy atom. The van der Waals surface area contributed by atoms with Crippen LogP contribution in [0, 0.1) is 5.82 Å². The van der Waals surface area contributed by atoms with E-state index in [-0.39, 0.29) is 23.9 Å². The van der Waals surface area contributed by atoms with Crippen molar-refractivity contribution in [3.8, 4) is 0 Å². The normalized spacial score (nSPS) is 16.7. The smallest absolute Gasteiger partial charge is 0.277 e. The predicted octanol–water partition coefficient (Wildman–Crippen LogP) is 0.374. The summed E-state index contributed by atoms with van der Waals surface area (Å²) in [5, 5.41) is 0. The summed E-state index contributed by atoms with van der Waals surface area (Å²) in [7, 11) is -1.93. The lowest BCUT2D eigenvalue weighted by Gasteiger charge is -2.34. The number of carbonyl (C=O) groups excluding carboxylic acids is 1. The first-order valence-corrected chi connectivity index (χ1v) is 10.7. The molecule has 2 aromatic rings. The lowest BCUT2D eigenvalue weighted by Crippen LogP contribution is -3.09. The van der Waals surface area contributed by atoms with Crippen LogP contribution in [0.4, 0.5) is 4.39 Å². The molecular formula is C20H25FN3O3S+. The molecule has 8 heteroatoms. The lowest BCUT2D eigenvalue weighted by atomic mass is 10.2. The topological polar surface area (TPSA) is 62.1 Å². The minimum absolute atomic E-state index is 0.00336. The van der Waals surface area contributed by atoms with Gasteiger partial charge in [-0.1, -0.05) is 42.5 Å². The highest BCUT2D eigenvalue weighted by Gasteiger charge is 2.32. The predicted molar refractivity (Wildman–Crippen MR) is 104 cm³/mol. The summed E-state index contributed by atoms with van der Waals surface area (Å²) in [5.74, 6) is -0.761. The van der Waals surface area contributed by atoms with Gasteiger partial charge in [0.2, 0.25) is 10.0 Å². The molecule has 3 rings (SSSR count). The van der Waals surface area contributed by atoms with E-state index in [1.165, 1.54) is 22.5 Å². The number of rotatable bonds is 6. The van der Waals surface area contributed by atoms with E-state index in [9.17, 15) is 17.6 Å². The number of sulfonamides is 1. The number of carbonyl (C=O) groups is 1. The molecule has 6 nitrogen and oxygen atoms in total. The van der Waals surface area contributed by atoms with Gasteiger partial charge in [0.15, 0.2) is 6.54 Å². The van der Waals surface area contributed by atoms with Crippen LogP contribution in [0.15, 0.2) is 59.5 Å². The number of hydrogen-bond acceptors (Lipinski definition) is 3. The van der Waals surface area contributed by atoms with Gasteiger partial charge < -0.3 is 9.80 Å². The van der Waals surface area contributed by atoms with Crippen molar-refractivity contribution in [1.29, 1.82) is 0 Å². The van der Waals surface area contributed by atoms with E-state index in [1.54, 1.807) is 4.90 Å². The number of nitrogens with zero attached hydrogens (tertiary/aromatic N) is 2. The molecule has 0 saturated carbocycles. The second kappa shape index (κ2) is 8.81. The van der Waals surface area contributed by atoms with Crippen LogP contribution in [-0.2, 0) is 21.4 Å². The average molecular weight is 407 g/mol. The maximum Gasteiger partial charge on any atom is 0.277 e. The first-order valence-electron chi connectivity index (χ1n) is 9.25. The zero-order valence-corrected chi connectivity index (χ0v) is 16.7. The number of halogens is 1. The molecule has 28 heavy (non-hydrogen) atoms. The summed E-state index contributed by atoms with van der Waals surface area (Å²) in [6, 6.07) is 15.3. The van der Waals surface area contributed by atoms with Gasteiger partial charge >= 0.3 is 0 Å². The number of nitrogens with one attached hydrogen (secondary N) is 1. The van der Waals surface area contributed by atoms with Crippen LogP contribution in [0.3, 0.4) is 0 Å². The van der Waals surface area contributed by atoms with E-state index in [1.807, 2.05) is 37.4 Å². The summed E-state index contributed by atoms with van der Waals surface area (Å²) < 4.78 is 40.4. The summed E-state index contributed by atoms with van der Waals surface area (Å²) in [4.78, 5) is 15.0. The van der Waals surface area contributed by atoms with Gasteiger partial charge in [-0.3, -0.25) is 4.79 Å². The molecule has 1 fully saturated rings. The third kappa shape index (κ3) is 4.76. The van der Waals surface area contributed by atoms with E-state index in [0.717, 1.165) is 23.1 Å². The van der Waals surface area contributed by atoms with Crippen molar-refractivity contribution in [2.75, 3.05) is 39.8 Å². The van der Waals surface area contributed by atoms with Crippen molar-refractivity contribution in [2.24, 2.45) is 0 Å². The summed E-state index contributed by atoms with van der Waals surface area (Å²) in [5.41, 5.74) is 1.16. The van der Waals surface area contributed by atoms with Crippen molar-refractivity contribution >= 4 is 15.9 Å². The first kappa shape index (κ1) is 20.4. The SMILES string of the molecule is C[NH+](CC(=O)N1CCN(S(=O)(=O)c2ccccc2F)CC1)Cc1ccccc1. The minimum atomic E-state index is -3.89. The Balaban J connectivity index is 1.55. The molecule has 0 bridgehead atoms. The van der Waals surface area contributed by atoms with Crippen molar-refractivity contribution in [3.63, 3.8) is 0 Å². The van der Waals surface area contributed by atoms with Gasteiger partial charge in [0.05, 0.1) is 7.05 Å². The van der Waals surface area contributed by atoms with Crippen LogP contribution in [0.2, 0.25) is 0 Å². The van der Waals surface area contributed by atoms with Gasteiger partial charge in [-0.05, 0) is 12.1 Å². The number of quaternary nitrogens is 1. The van der Waals surface area contributed by atoms with Gasteiger partial charge in [-0.2, -0.15) is 4.31 Å². The Morgan fingerprint density at radius 3 is 2.25 bits per heavy atom. The highest BCUT2D eigenvalue weighted by Crippen LogP contribution is 2.20. The van der Waals surface area contributed by atoms with Crippen LogP contribution < -0.4 is 4.90 Å². The summed E-state index contributed by atoms with van der Waals surface area (Å²) in [6.45, 7) is 2.04. The van der Waals surface area contributed by atoms with Gasteiger partial charge in [0, 0.05) is 31.7 Å². The molecule has 2 aromatic carbocycles. The average Bonchev–Trinajstić information content (AvgIpc) is 2.69. The molecule has 0 radical (unpaired) electrons. The maximum absolute atomic E-state index is 13.9. The van der Waals surface area contributed by atoms with Gasteiger partial charge in [-0.25, -0.2) is 12.8 Å². The van der Waals surface area contributed by atoms with E-state index in [0.29, 0.717) is 19.6 Å². The molecule has 1 atom stereocenters. The number of hydrogen-bond donors (Lipinski definition) is 1. The van der Waals surface area contributed by atoms with Crippen LogP contribution >= 0.6 is 0 Å². The fraction of sp³-hybridized carbons (Fsp3) is 0.350. The number of benzene rings is 2. The molecule has 1 amide bonds. The maximum atomic E-state index is 13.9. The second-order valence-electron chi connectivity index (χ2n) is 7.01. The number of piperazine rings is 1. The molecule has 1 N–H and O–H groups in total. The molecule has 0 aliphatic carbocycles. The van der Waals surface area contributed by atoms with Crippen LogP contribution in [0.5, 0.6) is 0 Å². The van der Waals surface area contributed by atoms with Gasteiger partial charge in [-0.15, -0.1) is 0 Å². The Labute approximate surface area is 165 Å². The van der Waals surface area contributed by atoms with Crippen LogP contribution in [0.1, 0.15) is 5.56 Å². The zero-order chi connectivity index (χ0) is 20.1. The monoisotopic (exact) mass is 406 g/mol. The van der Waals surface area contributed by atoms with Gasteiger partial charge in [0.1, 0.15) is 17.3 Å². The molecule has 1 aliphatic heterocycles. The fourth-order valence-corrected chi connectivity index (χ4v) is 4.83. The molecule has 0 aromatic heterocycles. The molecular weight excluding hydrogens is 381 g/mol. The van der Waals surface area contributed by atoms with E-state index < -0.39 is 15.8 Å². The molecule has 1 heterocycles. The molecule has 1 saturated heterocycles.